The van der Waals surface area contributed by atoms with Crippen LogP contribution in [0.3, 0.4) is 0 Å². The molecule has 2 nitrogen and oxygen atoms in total. The van der Waals surface area contributed by atoms with Gasteiger partial charge in [-0.25, -0.2) is 4.39 Å². The van der Waals surface area contributed by atoms with Crippen LogP contribution in [-0.2, 0) is 16.6 Å². The quantitative estimate of drug-likeness (QED) is 0.904. The number of rotatable bonds is 5. The predicted molar refractivity (Wildman–Crippen MR) is 64.5 cm³/mol. The van der Waals surface area contributed by atoms with Crippen molar-refractivity contribution in [2.45, 2.75) is 12.2 Å². The van der Waals surface area contributed by atoms with E-state index in [2.05, 4.69) is 15.9 Å². The molecule has 0 fully saturated rings. The minimum Gasteiger partial charge on any atom is -0.330 e. The number of hydrogen-bond acceptors (Lipinski definition) is 2. The average Bonchev–Trinajstić information content (AvgIpc) is 2.22. The minimum absolute atomic E-state index is 0.316. The highest BCUT2D eigenvalue weighted by molar-refractivity contribution is 9.10. The smallest absolute Gasteiger partial charge is 0.137 e. The van der Waals surface area contributed by atoms with E-state index in [4.69, 9.17) is 5.73 Å². The second-order valence-electron chi connectivity index (χ2n) is 3.14. The fourth-order valence-corrected chi connectivity index (χ4v) is 2.96. The van der Waals surface area contributed by atoms with E-state index < -0.39 is 10.8 Å². The summed E-state index contributed by atoms with van der Waals surface area (Å²) < 4.78 is 25.1. The molecule has 0 heterocycles. The summed E-state index contributed by atoms with van der Waals surface area (Å²) in [5.74, 6) is 0.626. The van der Waals surface area contributed by atoms with Crippen LogP contribution in [0, 0.1) is 5.82 Å². The molecule has 15 heavy (non-hydrogen) atoms. The molecule has 0 saturated carbocycles. The van der Waals surface area contributed by atoms with Crippen molar-refractivity contribution in [2.75, 3.05) is 12.3 Å². The standard InChI is InChI=1S/C10H13BrFNOS/c11-10-8(3-1-4-9(10)12)7-15(14)6-2-5-13/h1,3-4H,2,5-7,13H2. The predicted octanol–water partition coefficient (Wildman–Crippen LogP) is 2.19. The van der Waals surface area contributed by atoms with E-state index in [-0.39, 0.29) is 5.82 Å². The Labute approximate surface area is 99.6 Å². The molecule has 0 spiro atoms. The molecule has 5 heteroatoms. The Morgan fingerprint density at radius 3 is 2.87 bits per heavy atom. The monoisotopic (exact) mass is 293 g/mol. The highest BCUT2D eigenvalue weighted by atomic mass is 79.9. The lowest BCUT2D eigenvalue weighted by atomic mass is 10.2. The van der Waals surface area contributed by atoms with Crippen molar-refractivity contribution in [3.63, 3.8) is 0 Å². The van der Waals surface area contributed by atoms with Crippen molar-refractivity contribution in [1.82, 2.24) is 0 Å². The molecule has 1 rings (SSSR count). The number of halogens is 2. The molecule has 1 atom stereocenters. The molecular weight excluding hydrogens is 281 g/mol. The van der Waals surface area contributed by atoms with Gasteiger partial charge in [0.1, 0.15) is 5.82 Å². The first-order chi connectivity index (χ1) is 7.15. The van der Waals surface area contributed by atoms with Crippen LogP contribution in [0.4, 0.5) is 4.39 Å². The summed E-state index contributed by atoms with van der Waals surface area (Å²) in [7, 11) is -0.966. The molecule has 0 aliphatic carbocycles. The Hall–Kier alpha value is -0.260. The third kappa shape index (κ3) is 4.01. The Morgan fingerprint density at radius 1 is 1.47 bits per heavy atom. The SMILES string of the molecule is NCCCS(=O)Cc1cccc(F)c1Br. The summed E-state index contributed by atoms with van der Waals surface area (Å²) in [6.45, 7) is 0.538. The highest BCUT2D eigenvalue weighted by Gasteiger charge is 2.08. The van der Waals surface area contributed by atoms with Crippen LogP contribution in [0.1, 0.15) is 12.0 Å². The van der Waals surface area contributed by atoms with Crippen LogP contribution in [-0.4, -0.2) is 16.5 Å². The lowest BCUT2D eigenvalue weighted by Crippen LogP contribution is -2.07. The van der Waals surface area contributed by atoms with E-state index in [0.29, 0.717) is 22.5 Å². The molecular formula is C10H13BrFNOS. The van der Waals surface area contributed by atoms with E-state index in [0.717, 1.165) is 12.0 Å². The van der Waals surface area contributed by atoms with E-state index in [1.165, 1.54) is 6.07 Å². The van der Waals surface area contributed by atoms with Gasteiger partial charge in [0, 0.05) is 22.3 Å². The fourth-order valence-electron chi connectivity index (χ4n) is 1.15. The first-order valence-corrected chi connectivity index (χ1v) is 6.91. The van der Waals surface area contributed by atoms with Gasteiger partial charge < -0.3 is 5.73 Å². The average molecular weight is 294 g/mol. The number of nitrogens with two attached hydrogens (primary N) is 1. The number of hydrogen-bond donors (Lipinski definition) is 1. The molecule has 0 aliphatic rings. The summed E-state index contributed by atoms with van der Waals surface area (Å²) in [6.07, 6.45) is 0.736. The summed E-state index contributed by atoms with van der Waals surface area (Å²) in [6, 6.07) is 4.76. The van der Waals surface area contributed by atoms with Gasteiger partial charge in [-0.15, -0.1) is 0 Å². The van der Waals surface area contributed by atoms with Gasteiger partial charge in [-0.05, 0) is 40.5 Å². The molecule has 0 radical (unpaired) electrons. The lowest BCUT2D eigenvalue weighted by Gasteiger charge is -2.05. The second-order valence-corrected chi connectivity index (χ2v) is 5.51. The van der Waals surface area contributed by atoms with Crippen LogP contribution < -0.4 is 5.73 Å². The van der Waals surface area contributed by atoms with Gasteiger partial charge in [0.15, 0.2) is 0 Å². The van der Waals surface area contributed by atoms with E-state index in [1.807, 2.05) is 0 Å². The number of benzene rings is 1. The maximum atomic E-state index is 13.1. The highest BCUT2D eigenvalue weighted by Crippen LogP contribution is 2.21. The largest absolute Gasteiger partial charge is 0.330 e. The molecule has 0 amide bonds. The first-order valence-electron chi connectivity index (χ1n) is 4.63. The lowest BCUT2D eigenvalue weighted by molar-refractivity contribution is 0.619. The maximum absolute atomic E-state index is 13.1. The van der Waals surface area contributed by atoms with Crippen molar-refractivity contribution in [3.05, 3.63) is 34.1 Å². The molecule has 1 aromatic rings. The van der Waals surface area contributed by atoms with Gasteiger partial charge in [0.25, 0.3) is 0 Å². The van der Waals surface area contributed by atoms with Crippen molar-refractivity contribution in [2.24, 2.45) is 5.73 Å². The molecule has 0 aromatic heterocycles. The topological polar surface area (TPSA) is 43.1 Å². The molecule has 1 unspecified atom stereocenters. The van der Waals surface area contributed by atoms with Crippen LogP contribution in [0.5, 0.6) is 0 Å². The minimum atomic E-state index is -0.966. The third-order valence-corrected chi connectivity index (χ3v) is 4.19. The zero-order valence-electron chi connectivity index (χ0n) is 8.21. The van der Waals surface area contributed by atoms with Crippen LogP contribution in [0.2, 0.25) is 0 Å². The normalized spacial score (nSPS) is 12.7. The summed E-state index contributed by atoms with van der Waals surface area (Å²) >= 11 is 3.14. The summed E-state index contributed by atoms with van der Waals surface area (Å²) in [4.78, 5) is 0. The maximum Gasteiger partial charge on any atom is 0.137 e. The van der Waals surface area contributed by atoms with Crippen molar-refractivity contribution in [1.29, 1.82) is 0 Å². The molecule has 2 N–H and O–H groups in total. The van der Waals surface area contributed by atoms with Gasteiger partial charge in [-0.1, -0.05) is 12.1 Å². The Bertz CT molecular complexity index is 359. The molecule has 0 bridgehead atoms. The van der Waals surface area contributed by atoms with E-state index in [1.54, 1.807) is 12.1 Å². The van der Waals surface area contributed by atoms with Crippen LogP contribution in [0.15, 0.2) is 22.7 Å². The van der Waals surface area contributed by atoms with Crippen LogP contribution >= 0.6 is 15.9 Å². The first kappa shape index (κ1) is 12.8. The van der Waals surface area contributed by atoms with Gasteiger partial charge in [-0.2, -0.15) is 0 Å². The van der Waals surface area contributed by atoms with Gasteiger partial charge in [0.05, 0.1) is 4.47 Å². The Kier molecular flexibility index (Phi) is 5.42. The molecule has 0 saturated heterocycles. The second kappa shape index (κ2) is 6.35. The zero-order chi connectivity index (χ0) is 11.3. The molecule has 84 valence electrons. The summed E-state index contributed by atoms with van der Waals surface area (Å²) in [5, 5.41) is 0. The van der Waals surface area contributed by atoms with Gasteiger partial charge >= 0.3 is 0 Å². The Balaban J connectivity index is 2.64. The third-order valence-electron chi connectivity index (χ3n) is 1.92. The van der Waals surface area contributed by atoms with Crippen molar-refractivity contribution in [3.8, 4) is 0 Å². The van der Waals surface area contributed by atoms with Crippen molar-refractivity contribution >= 4 is 26.7 Å². The zero-order valence-corrected chi connectivity index (χ0v) is 10.6. The van der Waals surface area contributed by atoms with Gasteiger partial charge in [-0.3, -0.25) is 4.21 Å². The Morgan fingerprint density at radius 2 is 2.20 bits per heavy atom. The van der Waals surface area contributed by atoms with Crippen molar-refractivity contribution < 1.29 is 8.60 Å². The fraction of sp³-hybridized carbons (Fsp3) is 0.400. The van der Waals surface area contributed by atoms with E-state index in [9.17, 15) is 8.60 Å². The van der Waals surface area contributed by atoms with E-state index >= 15 is 0 Å². The molecule has 0 aliphatic heterocycles. The van der Waals surface area contributed by atoms with Crippen LogP contribution in [0.25, 0.3) is 0 Å². The molecule has 1 aromatic carbocycles. The summed E-state index contributed by atoms with van der Waals surface area (Å²) in [5.41, 5.74) is 6.06. The van der Waals surface area contributed by atoms with Gasteiger partial charge in [0.2, 0.25) is 0 Å².